The summed E-state index contributed by atoms with van der Waals surface area (Å²) in [7, 11) is 0. The van der Waals surface area contributed by atoms with Crippen molar-refractivity contribution in [2.24, 2.45) is 0 Å². The van der Waals surface area contributed by atoms with E-state index in [1.165, 1.54) is 16.7 Å². The molecule has 0 spiro atoms. The van der Waals surface area contributed by atoms with Crippen molar-refractivity contribution in [2.45, 2.75) is 39.0 Å². The van der Waals surface area contributed by atoms with Gasteiger partial charge < -0.3 is 14.4 Å². The molecular formula is C20H22ClF3N6O2. The fourth-order valence-corrected chi connectivity index (χ4v) is 4.01. The van der Waals surface area contributed by atoms with Gasteiger partial charge in [0.2, 0.25) is 11.8 Å². The molecule has 12 heteroatoms. The van der Waals surface area contributed by atoms with Crippen LogP contribution in [-0.4, -0.2) is 50.9 Å². The lowest BCUT2D eigenvalue weighted by molar-refractivity contribution is -0.137. The van der Waals surface area contributed by atoms with E-state index in [0.29, 0.717) is 44.5 Å². The summed E-state index contributed by atoms with van der Waals surface area (Å²) < 4.78 is 54.4. The number of rotatable bonds is 7. The molecule has 1 fully saturated rings. The van der Waals surface area contributed by atoms with Crippen LogP contribution < -0.4 is 9.64 Å². The molecule has 0 bridgehead atoms. The van der Waals surface area contributed by atoms with Crippen molar-refractivity contribution in [1.82, 2.24) is 24.6 Å². The molecule has 1 aliphatic rings. The third-order valence-electron chi connectivity index (χ3n) is 5.29. The summed E-state index contributed by atoms with van der Waals surface area (Å²) in [5, 5.41) is 8.02. The van der Waals surface area contributed by atoms with Crippen LogP contribution >= 0.6 is 11.6 Å². The highest BCUT2D eigenvalue weighted by molar-refractivity contribution is 6.31. The monoisotopic (exact) mass is 470 g/mol. The molecule has 0 aliphatic carbocycles. The molecule has 3 aromatic rings. The molecule has 0 aromatic carbocycles. The van der Waals surface area contributed by atoms with E-state index in [2.05, 4.69) is 20.2 Å². The molecule has 1 aliphatic heterocycles. The Morgan fingerprint density at radius 1 is 1.22 bits per heavy atom. The molecule has 3 aromatic heterocycles. The second-order valence-electron chi connectivity index (χ2n) is 7.28. The van der Waals surface area contributed by atoms with E-state index in [-0.39, 0.29) is 34.6 Å². The standard InChI is InChI=1S/C20H22ClF3N6O2/c1-3-31-11-15-27-28-17-16(20(22,23)24)13(6-8-30(15)17)12-5-7-29(10-12)19-25-9-14(21)18(26-19)32-4-2/h6,8-9,12H,3-5,7,10-11H2,1-2H3. The molecule has 1 atom stereocenters. The Bertz CT molecular complexity index is 1110. The van der Waals surface area contributed by atoms with Crippen molar-refractivity contribution in [2.75, 3.05) is 31.2 Å². The van der Waals surface area contributed by atoms with Gasteiger partial charge in [-0.25, -0.2) is 4.98 Å². The van der Waals surface area contributed by atoms with E-state index in [1.54, 1.807) is 13.1 Å². The number of nitrogens with zero attached hydrogens (tertiary/aromatic N) is 6. The summed E-state index contributed by atoms with van der Waals surface area (Å²) >= 11 is 6.05. The van der Waals surface area contributed by atoms with E-state index in [1.807, 2.05) is 11.8 Å². The topological polar surface area (TPSA) is 77.7 Å². The van der Waals surface area contributed by atoms with Gasteiger partial charge in [-0.1, -0.05) is 11.6 Å². The molecule has 0 radical (unpaired) electrons. The number of aromatic nitrogens is 5. The van der Waals surface area contributed by atoms with Crippen molar-refractivity contribution in [3.05, 3.63) is 40.4 Å². The number of pyridine rings is 1. The minimum absolute atomic E-state index is 0.0849. The molecule has 0 saturated carbocycles. The first-order chi connectivity index (χ1) is 15.3. The fourth-order valence-electron chi connectivity index (χ4n) is 3.87. The lowest BCUT2D eigenvalue weighted by Crippen LogP contribution is -2.23. The number of ether oxygens (including phenoxy) is 2. The Hall–Kier alpha value is -2.66. The number of alkyl halides is 3. The summed E-state index contributed by atoms with van der Waals surface area (Å²) in [6.45, 7) is 5.34. The minimum atomic E-state index is -4.58. The average Bonchev–Trinajstić information content (AvgIpc) is 3.40. The van der Waals surface area contributed by atoms with Crippen molar-refractivity contribution in [1.29, 1.82) is 0 Å². The van der Waals surface area contributed by atoms with Gasteiger partial charge in [0.25, 0.3) is 0 Å². The van der Waals surface area contributed by atoms with E-state index >= 15 is 0 Å². The van der Waals surface area contributed by atoms with E-state index in [0.717, 1.165) is 0 Å². The Labute approximate surface area is 187 Å². The van der Waals surface area contributed by atoms with Crippen LogP contribution in [0.4, 0.5) is 19.1 Å². The number of hydrogen-bond donors (Lipinski definition) is 0. The van der Waals surface area contributed by atoms with Crippen LogP contribution in [0.15, 0.2) is 18.5 Å². The molecule has 0 N–H and O–H groups in total. The van der Waals surface area contributed by atoms with E-state index in [9.17, 15) is 13.2 Å². The Morgan fingerprint density at radius 2 is 2.03 bits per heavy atom. The third kappa shape index (κ3) is 4.31. The maximum Gasteiger partial charge on any atom is 0.420 e. The normalized spacial score (nSPS) is 16.8. The van der Waals surface area contributed by atoms with Gasteiger partial charge in [-0.05, 0) is 31.9 Å². The SMILES string of the molecule is CCOCc1nnc2c(C(F)(F)F)c(C3CCN(c4ncc(Cl)c(OCC)n4)C3)ccn12. The van der Waals surface area contributed by atoms with Gasteiger partial charge in [0, 0.05) is 31.8 Å². The highest BCUT2D eigenvalue weighted by Gasteiger charge is 2.40. The van der Waals surface area contributed by atoms with Crippen LogP contribution in [0.5, 0.6) is 5.88 Å². The first kappa shape index (κ1) is 22.5. The molecule has 8 nitrogen and oxygen atoms in total. The molecule has 4 heterocycles. The zero-order valence-electron chi connectivity index (χ0n) is 17.6. The number of fused-ring (bicyclic) bond motifs is 1. The van der Waals surface area contributed by atoms with Gasteiger partial charge in [-0.3, -0.25) is 4.40 Å². The van der Waals surface area contributed by atoms with Gasteiger partial charge in [0.05, 0.1) is 12.8 Å². The van der Waals surface area contributed by atoms with Gasteiger partial charge in [0.1, 0.15) is 17.2 Å². The van der Waals surface area contributed by atoms with Gasteiger partial charge >= 0.3 is 6.18 Å². The number of hydrogen-bond acceptors (Lipinski definition) is 7. The summed E-state index contributed by atoms with van der Waals surface area (Å²) in [5.41, 5.74) is -0.805. The summed E-state index contributed by atoms with van der Waals surface area (Å²) in [4.78, 5) is 10.4. The first-order valence-electron chi connectivity index (χ1n) is 10.2. The Balaban J connectivity index is 1.66. The highest BCUT2D eigenvalue weighted by Crippen LogP contribution is 2.41. The zero-order chi connectivity index (χ0) is 22.9. The number of halogens is 4. The van der Waals surface area contributed by atoms with Gasteiger partial charge in [0.15, 0.2) is 11.5 Å². The van der Waals surface area contributed by atoms with Crippen molar-refractivity contribution in [3.8, 4) is 5.88 Å². The minimum Gasteiger partial charge on any atom is -0.477 e. The molecule has 0 amide bonds. The van der Waals surface area contributed by atoms with Gasteiger partial charge in [-0.2, -0.15) is 18.2 Å². The summed E-state index contributed by atoms with van der Waals surface area (Å²) in [6, 6.07) is 1.50. The van der Waals surface area contributed by atoms with Crippen LogP contribution in [0.2, 0.25) is 5.02 Å². The zero-order valence-corrected chi connectivity index (χ0v) is 18.3. The Kier molecular flexibility index (Phi) is 6.38. The second kappa shape index (κ2) is 9.07. The molecule has 32 heavy (non-hydrogen) atoms. The lowest BCUT2D eigenvalue weighted by Gasteiger charge is -2.20. The molecular weight excluding hydrogens is 449 g/mol. The highest BCUT2D eigenvalue weighted by atomic mass is 35.5. The van der Waals surface area contributed by atoms with Crippen LogP contribution in [0.25, 0.3) is 5.65 Å². The maximum absolute atomic E-state index is 14.1. The van der Waals surface area contributed by atoms with Gasteiger partial charge in [-0.15, -0.1) is 10.2 Å². The van der Waals surface area contributed by atoms with Crippen LogP contribution in [-0.2, 0) is 17.5 Å². The van der Waals surface area contributed by atoms with Crippen LogP contribution in [0.3, 0.4) is 0 Å². The largest absolute Gasteiger partial charge is 0.477 e. The maximum atomic E-state index is 14.1. The quantitative estimate of drug-likeness (QED) is 0.514. The van der Waals surface area contributed by atoms with E-state index < -0.39 is 11.7 Å². The molecule has 1 saturated heterocycles. The number of anilines is 1. The summed E-state index contributed by atoms with van der Waals surface area (Å²) in [6.07, 6.45) is -1.07. The third-order valence-corrected chi connectivity index (χ3v) is 5.55. The van der Waals surface area contributed by atoms with Crippen LogP contribution in [0.1, 0.15) is 43.1 Å². The molecule has 1 unspecified atom stereocenters. The Morgan fingerprint density at radius 3 is 2.75 bits per heavy atom. The fraction of sp³-hybridized carbons (Fsp3) is 0.500. The average molecular weight is 471 g/mol. The molecule has 4 rings (SSSR count). The lowest BCUT2D eigenvalue weighted by atomic mass is 9.94. The predicted octanol–water partition coefficient (Wildman–Crippen LogP) is 4.12. The molecule has 172 valence electrons. The first-order valence-corrected chi connectivity index (χ1v) is 10.6. The smallest absolute Gasteiger partial charge is 0.420 e. The second-order valence-corrected chi connectivity index (χ2v) is 7.69. The summed E-state index contributed by atoms with van der Waals surface area (Å²) in [5.74, 6) is 0.574. The van der Waals surface area contributed by atoms with E-state index in [4.69, 9.17) is 21.1 Å². The van der Waals surface area contributed by atoms with Crippen molar-refractivity contribution >= 4 is 23.2 Å². The van der Waals surface area contributed by atoms with Crippen molar-refractivity contribution in [3.63, 3.8) is 0 Å². The van der Waals surface area contributed by atoms with Crippen molar-refractivity contribution < 1.29 is 22.6 Å². The predicted molar refractivity (Wildman–Crippen MR) is 111 cm³/mol. The van der Waals surface area contributed by atoms with Crippen LogP contribution in [0, 0.1) is 0 Å².